The molecular formula is C8H5N5O. The van der Waals surface area contributed by atoms with Gasteiger partial charge in [0.15, 0.2) is 5.65 Å². The van der Waals surface area contributed by atoms with Gasteiger partial charge >= 0.3 is 0 Å². The first-order valence-corrected chi connectivity index (χ1v) is 4.02. The van der Waals surface area contributed by atoms with Gasteiger partial charge in [-0.05, 0) is 0 Å². The summed E-state index contributed by atoms with van der Waals surface area (Å²) in [6.45, 7) is 0. The van der Waals surface area contributed by atoms with Crippen LogP contribution in [0.2, 0.25) is 0 Å². The fourth-order valence-corrected chi connectivity index (χ4v) is 1.41. The van der Waals surface area contributed by atoms with Crippen LogP contribution >= 0.6 is 0 Å². The number of aromatic amines is 2. The maximum Gasteiger partial charge on any atom is 0.267 e. The number of nitrogens with one attached hydrogen (secondary N) is 2. The number of hydrogen-bond acceptors (Lipinski definition) is 4. The van der Waals surface area contributed by atoms with Gasteiger partial charge in [0, 0.05) is 0 Å². The van der Waals surface area contributed by atoms with Gasteiger partial charge in [0.05, 0.1) is 29.6 Å². The quantitative estimate of drug-likeness (QED) is 0.526. The van der Waals surface area contributed by atoms with E-state index in [1.54, 1.807) is 6.20 Å². The first-order chi connectivity index (χ1) is 6.84. The largest absolute Gasteiger partial charge is 0.332 e. The minimum absolute atomic E-state index is 0.259. The van der Waals surface area contributed by atoms with Gasteiger partial charge in [0.25, 0.3) is 5.56 Å². The fraction of sp³-hybridized carbons (Fsp3) is 0. The minimum Gasteiger partial charge on any atom is -0.332 e. The Morgan fingerprint density at radius 1 is 1.14 bits per heavy atom. The van der Waals surface area contributed by atoms with Crippen molar-refractivity contribution >= 4 is 22.2 Å². The Hall–Kier alpha value is -2.24. The topological polar surface area (TPSA) is 87.3 Å². The molecular weight excluding hydrogens is 182 g/mol. The van der Waals surface area contributed by atoms with E-state index in [0.717, 1.165) is 5.39 Å². The highest BCUT2D eigenvalue weighted by Gasteiger charge is 2.05. The van der Waals surface area contributed by atoms with Crippen molar-refractivity contribution in [3.8, 4) is 0 Å². The number of rotatable bonds is 0. The van der Waals surface area contributed by atoms with Crippen molar-refractivity contribution in [2.45, 2.75) is 0 Å². The summed E-state index contributed by atoms with van der Waals surface area (Å²) in [7, 11) is 0. The third-order valence-electron chi connectivity index (χ3n) is 2.00. The molecule has 3 aromatic heterocycles. The molecule has 68 valence electrons. The molecule has 0 aliphatic carbocycles. The first-order valence-electron chi connectivity index (χ1n) is 4.02. The van der Waals surface area contributed by atoms with Gasteiger partial charge in [-0.3, -0.25) is 4.79 Å². The third-order valence-corrected chi connectivity index (χ3v) is 2.00. The van der Waals surface area contributed by atoms with E-state index < -0.39 is 0 Å². The van der Waals surface area contributed by atoms with Crippen LogP contribution in [0.4, 0.5) is 0 Å². The molecule has 0 radical (unpaired) electrons. The molecule has 14 heavy (non-hydrogen) atoms. The van der Waals surface area contributed by atoms with E-state index in [2.05, 4.69) is 24.9 Å². The van der Waals surface area contributed by atoms with Crippen molar-refractivity contribution in [2.75, 3.05) is 0 Å². The Morgan fingerprint density at radius 2 is 2.07 bits per heavy atom. The van der Waals surface area contributed by atoms with Crippen LogP contribution in [0, 0.1) is 0 Å². The lowest BCUT2D eigenvalue weighted by Crippen LogP contribution is -2.00. The molecule has 3 heterocycles. The summed E-state index contributed by atoms with van der Waals surface area (Å²) in [5.74, 6) is 0. The smallest absolute Gasteiger partial charge is 0.267 e. The minimum atomic E-state index is -0.259. The maximum atomic E-state index is 11.2. The maximum absolute atomic E-state index is 11.2. The van der Waals surface area contributed by atoms with Gasteiger partial charge < -0.3 is 9.97 Å². The zero-order valence-corrected chi connectivity index (χ0v) is 6.98. The number of nitrogens with zero attached hydrogens (tertiary/aromatic N) is 3. The Kier molecular flexibility index (Phi) is 1.22. The summed E-state index contributed by atoms with van der Waals surface area (Å²) in [6, 6.07) is 0. The van der Waals surface area contributed by atoms with E-state index in [1.165, 1.54) is 12.5 Å². The lowest BCUT2D eigenvalue weighted by molar-refractivity contribution is 1.17. The summed E-state index contributed by atoms with van der Waals surface area (Å²) in [4.78, 5) is 28.7. The van der Waals surface area contributed by atoms with Crippen molar-refractivity contribution in [1.82, 2.24) is 24.9 Å². The van der Waals surface area contributed by atoms with E-state index in [1.807, 2.05) is 0 Å². The van der Waals surface area contributed by atoms with Crippen molar-refractivity contribution in [3.05, 3.63) is 29.1 Å². The van der Waals surface area contributed by atoms with Crippen LogP contribution in [-0.4, -0.2) is 24.9 Å². The second kappa shape index (κ2) is 2.38. The summed E-state index contributed by atoms with van der Waals surface area (Å²) in [5, 5.41) is 0.745. The first kappa shape index (κ1) is 7.19. The average molecular weight is 187 g/mol. The molecule has 0 aliphatic rings. The number of aromatic nitrogens is 5. The lowest BCUT2D eigenvalue weighted by Gasteiger charge is -1.89. The highest BCUT2D eigenvalue weighted by atomic mass is 16.1. The van der Waals surface area contributed by atoms with Crippen molar-refractivity contribution < 1.29 is 0 Å². The van der Waals surface area contributed by atoms with Crippen LogP contribution in [0.25, 0.3) is 22.2 Å². The van der Waals surface area contributed by atoms with E-state index in [9.17, 15) is 4.79 Å². The molecule has 0 fully saturated rings. The predicted octanol–water partition coefficient (Wildman–Crippen LogP) is 0.194. The molecule has 0 amide bonds. The molecule has 6 nitrogen and oxygen atoms in total. The Morgan fingerprint density at radius 3 is 3.00 bits per heavy atom. The van der Waals surface area contributed by atoms with E-state index >= 15 is 0 Å². The Bertz CT molecular complexity index is 668. The Balaban J connectivity index is 2.76. The van der Waals surface area contributed by atoms with Gasteiger partial charge in [0.1, 0.15) is 5.65 Å². The molecule has 6 heteroatoms. The highest BCUT2D eigenvalue weighted by Crippen LogP contribution is 2.16. The van der Waals surface area contributed by atoms with Crippen LogP contribution in [0.3, 0.4) is 0 Å². The fourth-order valence-electron chi connectivity index (χ4n) is 1.41. The lowest BCUT2D eigenvalue weighted by atomic mass is 10.4. The molecule has 3 rings (SSSR count). The zero-order valence-electron chi connectivity index (χ0n) is 6.98. The molecule has 0 spiro atoms. The molecule has 2 N–H and O–H groups in total. The highest BCUT2D eigenvalue weighted by molar-refractivity contribution is 6.01. The summed E-state index contributed by atoms with van der Waals surface area (Å²) < 4.78 is 0. The van der Waals surface area contributed by atoms with Crippen molar-refractivity contribution in [1.29, 1.82) is 0 Å². The molecule has 0 aromatic carbocycles. The average Bonchev–Trinajstić information content (AvgIpc) is 2.51. The van der Waals surface area contributed by atoms with E-state index in [-0.39, 0.29) is 5.56 Å². The van der Waals surface area contributed by atoms with Crippen LogP contribution in [-0.2, 0) is 0 Å². The van der Waals surface area contributed by atoms with Gasteiger partial charge in [-0.1, -0.05) is 0 Å². The third kappa shape index (κ3) is 0.846. The molecule has 0 saturated heterocycles. The van der Waals surface area contributed by atoms with Gasteiger partial charge in [-0.15, -0.1) is 0 Å². The monoisotopic (exact) mass is 187 g/mol. The molecule has 0 atom stereocenters. The van der Waals surface area contributed by atoms with Crippen molar-refractivity contribution in [2.24, 2.45) is 0 Å². The Labute approximate surface area is 77.0 Å². The predicted molar refractivity (Wildman–Crippen MR) is 49.8 cm³/mol. The summed E-state index contributed by atoms with van der Waals surface area (Å²) >= 11 is 0. The molecule has 0 unspecified atom stereocenters. The second-order valence-corrected chi connectivity index (χ2v) is 2.87. The molecule has 0 aliphatic heterocycles. The van der Waals surface area contributed by atoms with Crippen LogP contribution < -0.4 is 5.56 Å². The number of hydrogen-bond donors (Lipinski definition) is 2. The number of H-pyrrole nitrogens is 2. The van der Waals surface area contributed by atoms with E-state index in [4.69, 9.17) is 0 Å². The van der Waals surface area contributed by atoms with Gasteiger partial charge in [0.2, 0.25) is 0 Å². The van der Waals surface area contributed by atoms with Gasteiger partial charge in [-0.25, -0.2) is 15.0 Å². The van der Waals surface area contributed by atoms with E-state index in [0.29, 0.717) is 16.8 Å². The molecule has 0 saturated carbocycles. The summed E-state index contributed by atoms with van der Waals surface area (Å²) in [5.41, 5.74) is 1.56. The normalized spacial score (nSPS) is 11.1. The zero-order chi connectivity index (χ0) is 9.54. The van der Waals surface area contributed by atoms with Crippen LogP contribution in [0.5, 0.6) is 0 Å². The van der Waals surface area contributed by atoms with Crippen LogP contribution in [0.15, 0.2) is 23.5 Å². The van der Waals surface area contributed by atoms with Gasteiger partial charge in [-0.2, -0.15) is 0 Å². The molecule has 0 bridgehead atoms. The standard InChI is InChI=1S/C8H5N5O/c14-5-2-9-4-1-10-7-6(4)8(13-5)12-3-11-7/h1-3H,(H2,10,11,12,13,14). The molecule has 3 aromatic rings. The van der Waals surface area contributed by atoms with Crippen molar-refractivity contribution in [3.63, 3.8) is 0 Å². The second-order valence-electron chi connectivity index (χ2n) is 2.87. The van der Waals surface area contributed by atoms with Crippen LogP contribution in [0.1, 0.15) is 0 Å². The SMILES string of the molecule is O=c1cnc2cnc3nc[nH]c([nH]1)c23. The summed E-state index contributed by atoms with van der Waals surface area (Å²) in [6.07, 6.45) is 4.30.